The molecular formula is C30H28Cl2FN5O3. The van der Waals surface area contributed by atoms with Gasteiger partial charge in [-0.3, -0.25) is 14.9 Å². The third-order valence-electron chi connectivity index (χ3n) is 6.27. The molecule has 0 spiro atoms. The standard InChI is InChI=1S/C30H28Cl2FN5O3/c1-15(2)38-23-10-9-16(12-24(39)41-30(3,4)5)11-21(23)35-29(38)37-28(40)17-13-19(32)26-22(14-17)34-27(36-26)25-18(31)7-6-8-20(25)33/h6-11,13-15H,12H2,1-5H3,(H,34,36)(H,35,37,40). The van der Waals surface area contributed by atoms with Crippen molar-refractivity contribution in [1.29, 1.82) is 0 Å². The zero-order chi connectivity index (χ0) is 29.6. The molecule has 0 aliphatic carbocycles. The quantitative estimate of drug-likeness (QED) is 0.195. The first-order chi connectivity index (χ1) is 19.3. The molecule has 0 saturated heterocycles. The number of hydrogen-bond donors (Lipinski definition) is 2. The van der Waals surface area contributed by atoms with Crippen LogP contribution in [0.3, 0.4) is 0 Å². The number of aromatic amines is 1. The molecule has 0 radical (unpaired) electrons. The average Bonchev–Trinajstić information content (AvgIpc) is 3.43. The molecular weight excluding hydrogens is 568 g/mol. The number of halogens is 3. The van der Waals surface area contributed by atoms with E-state index in [9.17, 15) is 14.0 Å². The molecule has 2 heterocycles. The van der Waals surface area contributed by atoms with Crippen molar-refractivity contribution in [3.8, 4) is 11.4 Å². The summed E-state index contributed by atoms with van der Waals surface area (Å²) >= 11 is 12.7. The third-order valence-corrected chi connectivity index (χ3v) is 6.87. The minimum atomic E-state index is -0.577. The summed E-state index contributed by atoms with van der Waals surface area (Å²) in [4.78, 5) is 37.8. The van der Waals surface area contributed by atoms with Crippen molar-refractivity contribution in [2.24, 2.45) is 0 Å². The summed E-state index contributed by atoms with van der Waals surface area (Å²) in [6.07, 6.45) is 0.103. The topological polar surface area (TPSA) is 102 Å². The molecule has 1 amide bonds. The van der Waals surface area contributed by atoms with Crippen LogP contribution in [0, 0.1) is 5.82 Å². The van der Waals surface area contributed by atoms with Crippen LogP contribution in [-0.2, 0) is 16.0 Å². The molecule has 5 rings (SSSR count). The van der Waals surface area contributed by atoms with Crippen molar-refractivity contribution in [2.75, 3.05) is 5.32 Å². The predicted molar refractivity (Wildman–Crippen MR) is 159 cm³/mol. The van der Waals surface area contributed by atoms with Crippen molar-refractivity contribution in [3.63, 3.8) is 0 Å². The highest BCUT2D eigenvalue weighted by Crippen LogP contribution is 2.33. The number of anilines is 1. The number of H-pyrrole nitrogens is 1. The van der Waals surface area contributed by atoms with Crippen LogP contribution in [0.25, 0.3) is 33.5 Å². The summed E-state index contributed by atoms with van der Waals surface area (Å²) in [5, 5.41) is 3.29. The summed E-state index contributed by atoms with van der Waals surface area (Å²) < 4.78 is 21.8. The van der Waals surface area contributed by atoms with E-state index in [0.717, 1.165) is 11.1 Å². The largest absolute Gasteiger partial charge is 0.460 e. The van der Waals surface area contributed by atoms with Gasteiger partial charge in [0.1, 0.15) is 22.8 Å². The summed E-state index contributed by atoms with van der Waals surface area (Å²) in [7, 11) is 0. The molecule has 41 heavy (non-hydrogen) atoms. The Morgan fingerprint density at radius 1 is 1.07 bits per heavy atom. The molecule has 2 N–H and O–H groups in total. The van der Waals surface area contributed by atoms with E-state index in [1.165, 1.54) is 18.2 Å². The van der Waals surface area contributed by atoms with Gasteiger partial charge >= 0.3 is 5.97 Å². The number of benzene rings is 3. The van der Waals surface area contributed by atoms with Crippen LogP contribution in [0.1, 0.15) is 56.6 Å². The normalized spacial score (nSPS) is 11.9. The number of amides is 1. The number of fused-ring (bicyclic) bond motifs is 2. The van der Waals surface area contributed by atoms with Gasteiger partial charge in [-0.25, -0.2) is 14.4 Å². The summed E-state index contributed by atoms with van der Waals surface area (Å²) in [6, 6.07) is 13.0. The lowest BCUT2D eigenvalue weighted by Gasteiger charge is -2.19. The van der Waals surface area contributed by atoms with Crippen molar-refractivity contribution >= 4 is 63.1 Å². The Morgan fingerprint density at radius 2 is 1.83 bits per heavy atom. The van der Waals surface area contributed by atoms with Crippen LogP contribution in [0.15, 0.2) is 48.5 Å². The van der Waals surface area contributed by atoms with Crippen molar-refractivity contribution in [3.05, 3.63) is 75.5 Å². The number of rotatable bonds is 6. The number of aromatic nitrogens is 4. The maximum absolute atomic E-state index is 14.5. The zero-order valence-corrected chi connectivity index (χ0v) is 24.6. The third kappa shape index (κ3) is 5.92. The van der Waals surface area contributed by atoms with Gasteiger partial charge in [-0.1, -0.05) is 35.3 Å². The highest BCUT2D eigenvalue weighted by molar-refractivity contribution is 6.36. The lowest BCUT2D eigenvalue weighted by atomic mass is 10.1. The monoisotopic (exact) mass is 595 g/mol. The Hall–Kier alpha value is -3.95. The summed E-state index contributed by atoms with van der Waals surface area (Å²) in [6.45, 7) is 9.43. The molecule has 212 valence electrons. The van der Waals surface area contributed by atoms with Crippen molar-refractivity contribution in [1.82, 2.24) is 19.5 Å². The summed E-state index contributed by atoms with van der Waals surface area (Å²) in [5.74, 6) is -0.770. The lowest BCUT2D eigenvalue weighted by Crippen LogP contribution is -2.24. The fourth-order valence-corrected chi connectivity index (χ4v) is 5.15. The second-order valence-electron chi connectivity index (χ2n) is 11.0. The first-order valence-electron chi connectivity index (χ1n) is 13.0. The molecule has 3 aromatic carbocycles. The highest BCUT2D eigenvalue weighted by Gasteiger charge is 2.21. The maximum Gasteiger partial charge on any atom is 0.310 e. The number of nitrogens with zero attached hydrogens (tertiary/aromatic N) is 3. The predicted octanol–water partition coefficient (Wildman–Crippen LogP) is 7.74. The molecule has 0 atom stereocenters. The van der Waals surface area contributed by atoms with Crippen LogP contribution in [0.4, 0.5) is 10.3 Å². The number of carbonyl (C=O) groups is 2. The minimum Gasteiger partial charge on any atom is -0.460 e. The van der Waals surface area contributed by atoms with Crippen LogP contribution in [-0.4, -0.2) is 37.0 Å². The fraction of sp³-hybridized carbons (Fsp3) is 0.267. The van der Waals surface area contributed by atoms with Gasteiger partial charge in [0.05, 0.1) is 38.6 Å². The lowest BCUT2D eigenvalue weighted by molar-refractivity contribution is -0.153. The zero-order valence-electron chi connectivity index (χ0n) is 23.1. The van der Waals surface area contributed by atoms with E-state index in [2.05, 4.69) is 20.3 Å². The van der Waals surface area contributed by atoms with E-state index in [0.29, 0.717) is 22.5 Å². The number of hydrogen-bond acceptors (Lipinski definition) is 5. The SMILES string of the molecule is CC(C)n1c(NC(=O)c2cc(Cl)c3nc(-c4c(F)cccc4Cl)[nH]c3c2)nc2cc(CC(=O)OC(C)(C)C)ccc21. The van der Waals surface area contributed by atoms with E-state index < -0.39 is 17.3 Å². The van der Waals surface area contributed by atoms with Gasteiger partial charge in [-0.15, -0.1) is 0 Å². The first-order valence-corrected chi connectivity index (χ1v) is 13.7. The molecule has 0 aliphatic rings. The van der Waals surface area contributed by atoms with Crippen molar-refractivity contribution in [2.45, 2.75) is 52.7 Å². The molecule has 0 fully saturated rings. The smallest absolute Gasteiger partial charge is 0.310 e. The van der Waals surface area contributed by atoms with Crippen LogP contribution in [0.2, 0.25) is 10.0 Å². The fourth-order valence-electron chi connectivity index (χ4n) is 4.63. The molecule has 0 unspecified atom stereocenters. The molecule has 5 aromatic rings. The van der Waals surface area contributed by atoms with E-state index in [1.807, 2.05) is 57.4 Å². The molecule has 11 heteroatoms. The second-order valence-corrected chi connectivity index (χ2v) is 11.8. The Balaban J connectivity index is 1.45. The van der Waals surface area contributed by atoms with Gasteiger partial charge < -0.3 is 14.3 Å². The van der Waals surface area contributed by atoms with Crippen LogP contribution < -0.4 is 5.32 Å². The van der Waals surface area contributed by atoms with E-state index >= 15 is 0 Å². The number of carbonyl (C=O) groups excluding carboxylic acids is 2. The molecule has 8 nitrogen and oxygen atoms in total. The number of ether oxygens (including phenoxy) is 1. The Bertz CT molecular complexity index is 1800. The van der Waals surface area contributed by atoms with Crippen LogP contribution in [0.5, 0.6) is 0 Å². The van der Waals surface area contributed by atoms with Crippen molar-refractivity contribution < 1.29 is 18.7 Å². The number of nitrogens with one attached hydrogen (secondary N) is 2. The molecule has 0 bridgehead atoms. The van der Waals surface area contributed by atoms with Gasteiger partial charge in [-0.05, 0) is 76.6 Å². The van der Waals surface area contributed by atoms with Gasteiger partial charge in [0.2, 0.25) is 5.95 Å². The maximum atomic E-state index is 14.5. The van der Waals surface area contributed by atoms with Crippen LogP contribution >= 0.6 is 23.2 Å². The number of imidazole rings is 2. The Morgan fingerprint density at radius 3 is 2.51 bits per heavy atom. The molecule has 2 aromatic heterocycles. The second kappa shape index (κ2) is 10.8. The first kappa shape index (κ1) is 28.6. The van der Waals surface area contributed by atoms with Gasteiger partial charge in [0.25, 0.3) is 5.91 Å². The minimum absolute atomic E-state index is 0.0289. The molecule has 0 saturated carbocycles. The molecule has 0 aliphatic heterocycles. The highest BCUT2D eigenvalue weighted by atomic mass is 35.5. The summed E-state index contributed by atoms with van der Waals surface area (Å²) in [5.41, 5.74) is 2.80. The van der Waals surface area contributed by atoms with Gasteiger partial charge in [0.15, 0.2) is 0 Å². The van der Waals surface area contributed by atoms with Gasteiger partial charge in [-0.2, -0.15) is 0 Å². The number of esters is 1. The van der Waals surface area contributed by atoms with E-state index in [1.54, 1.807) is 12.1 Å². The van der Waals surface area contributed by atoms with E-state index in [-0.39, 0.29) is 45.4 Å². The average molecular weight is 596 g/mol. The Labute approximate surface area is 245 Å². The van der Waals surface area contributed by atoms with Gasteiger partial charge in [0, 0.05) is 11.6 Å². The van der Waals surface area contributed by atoms with E-state index in [4.69, 9.17) is 27.9 Å². The Kier molecular flexibility index (Phi) is 7.52.